The van der Waals surface area contributed by atoms with Crippen LogP contribution in [0.5, 0.6) is 0 Å². The van der Waals surface area contributed by atoms with Crippen LogP contribution in [0.4, 0.5) is 5.82 Å². The van der Waals surface area contributed by atoms with Gasteiger partial charge in [-0.25, -0.2) is 4.98 Å². The van der Waals surface area contributed by atoms with E-state index in [-0.39, 0.29) is 18.6 Å². The minimum Gasteiger partial charge on any atom is -0.375 e. The number of hydrogen-bond donors (Lipinski definition) is 1. The number of anilines is 1. The van der Waals surface area contributed by atoms with Crippen molar-refractivity contribution in [2.75, 3.05) is 45.7 Å². The predicted octanol–water partition coefficient (Wildman–Crippen LogP) is 1.95. The SMILES string of the molecule is COCC(=O)Nc1ccc(-c2noc(C3CCCN3C3CCN(C)CC3)n2)cn1. The van der Waals surface area contributed by atoms with Crippen LogP contribution in [0.3, 0.4) is 0 Å². The highest BCUT2D eigenvalue weighted by Crippen LogP contribution is 2.36. The smallest absolute Gasteiger partial charge is 0.251 e. The lowest BCUT2D eigenvalue weighted by Crippen LogP contribution is -2.43. The maximum absolute atomic E-state index is 11.6. The van der Waals surface area contributed by atoms with E-state index in [0.717, 1.165) is 38.0 Å². The Morgan fingerprint density at radius 2 is 2.10 bits per heavy atom. The molecule has 9 nitrogen and oxygen atoms in total. The van der Waals surface area contributed by atoms with Crippen molar-refractivity contribution >= 4 is 11.7 Å². The maximum atomic E-state index is 11.6. The van der Waals surface area contributed by atoms with Gasteiger partial charge in [-0.05, 0) is 64.5 Å². The lowest BCUT2D eigenvalue weighted by Gasteiger charge is -2.37. The molecular formula is C20H28N6O3. The molecule has 2 aliphatic heterocycles. The van der Waals surface area contributed by atoms with Crippen molar-refractivity contribution in [1.82, 2.24) is 24.9 Å². The van der Waals surface area contributed by atoms with E-state index < -0.39 is 0 Å². The molecule has 2 saturated heterocycles. The van der Waals surface area contributed by atoms with Crippen LogP contribution in [0.1, 0.15) is 37.6 Å². The number of piperidine rings is 1. The molecule has 1 atom stereocenters. The Labute approximate surface area is 170 Å². The van der Waals surface area contributed by atoms with Crippen molar-refractivity contribution in [3.8, 4) is 11.4 Å². The van der Waals surface area contributed by atoms with Gasteiger partial charge < -0.3 is 19.5 Å². The van der Waals surface area contributed by atoms with Crippen LogP contribution >= 0.6 is 0 Å². The Balaban J connectivity index is 1.43. The monoisotopic (exact) mass is 400 g/mol. The summed E-state index contributed by atoms with van der Waals surface area (Å²) in [7, 11) is 3.66. The van der Waals surface area contributed by atoms with Gasteiger partial charge in [0.05, 0.1) is 6.04 Å². The molecular weight excluding hydrogens is 372 g/mol. The molecule has 1 amide bonds. The van der Waals surface area contributed by atoms with Crippen LogP contribution in [0.25, 0.3) is 11.4 Å². The molecule has 4 rings (SSSR count). The van der Waals surface area contributed by atoms with E-state index in [0.29, 0.717) is 23.6 Å². The van der Waals surface area contributed by atoms with Gasteiger partial charge in [-0.15, -0.1) is 0 Å². The Kier molecular flexibility index (Phi) is 6.17. The molecule has 2 aliphatic rings. The molecule has 2 fully saturated rings. The number of carbonyl (C=O) groups excluding carboxylic acids is 1. The third-order valence-electron chi connectivity index (χ3n) is 5.74. The molecule has 2 aromatic rings. The number of pyridine rings is 1. The van der Waals surface area contributed by atoms with Crippen molar-refractivity contribution in [2.45, 2.75) is 37.8 Å². The lowest BCUT2D eigenvalue weighted by atomic mass is 10.0. The summed E-state index contributed by atoms with van der Waals surface area (Å²) in [6, 6.07) is 4.34. The summed E-state index contributed by atoms with van der Waals surface area (Å²) >= 11 is 0. The van der Waals surface area contributed by atoms with Gasteiger partial charge in [0.25, 0.3) is 5.91 Å². The number of aromatic nitrogens is 3. The number of hydrogen-bond acceptors (Lipinski definition) is 8. The van der Waals surface area contributed by atoms with E-state index in [2.05, 4.69) is 37.3 Å². The van der Waals surface area contributed by atoms with Crippen LogP contribution in [0.2, 0.25) is 0 Å². The predicted molar refractivity (Wildman–Crippen MR) is 107 cm³/mol. The van der Waals surface area contributed by atoms with E-state index >= 15 is 0 Å². The van der Waals surface area contributed by atoms with Gasteiger partial charge >= 0.3 is 0 Å². The van der Waals surface area contributed by atoms with Gasteiger partial charge in [0.15, 0.2) is 0 Å². The maximum Gasteiger partial charge on any atom is 0.251 e. The lowest BCUT2D eigenvalue weighted by molar-refractivity contribution is -0.119. The number of rotatable bonds is 6. The Morgan fingerprint density at radius 1 is 1.28 bits per heavy atom. The fraction of sp³-hybridized carbons (Fsp3) is 0.600. The van der Waals surface area contributed by atoms with Gasteiger partial charge in [-0.2, -0.15) is 4.98 Å². The minimum atomic E-state index is -0.246. The molecule has 1 N–H and O–H groups in total. The van der Waals surface area contributed by atoms with Crippen molar-refractivity contribution in [1.29, 1.82) is 0 Å². The Hall–Kier alpha value is -2.36. The summed E-state index contributed by atoms with van der Waals surface area (Å²) in [5, 5.41) is 6.84. The average Bonchev–Trinajstić information content (AvgIpc) is 3.39. The van der Waals surface area contributed by atoms with Gasteiger partial charge in [0.1, 0.15) is 12.4 Å². The number of ether oxygens (including phenoxy) is 1. The van der Waals surface area contributed by atoms with Crippen molar-refractivity contribution in [3.05, 3.63) is 24.2 Å². The van der Waals surface area contributed by atoms with Crippen LogP contribution in [-0.4, -0.2) is 77.3 Å². The number of nitrogens with one attached hydrogen (secondary N) is 1. The first kappa shape index (κ1) is 19.9. The summed E-state index contributed by atoms with van der Waals surface area (Å²) in [6.45, 7) is 3.37. The van der Waals surface area contributed by atoms with E-state index in [1.54, 1.807) is 12.3 Å². The molecule has 156 valence electrons. The zero-order valence-corrected chi connectivity index (χ0v) is 17.0. The Bertz CT molecular complexity index is 816. The highest BCUT2D eigenvalue weighted by atomic mass is 16.5. The fourth-order valence-corrected chi connectivity index (χ4v) is 4.22. The number of methoxy groups -OCH3 is 1. The molecule has 0 aliphatic carbocycles. The molecule has 9 heteroatoms. The van der Waals surface area contributed by atoms with E-state index in [4.69, 9.17) is 9.26 Å². The number of carbonyl (C=O) groups is 1. The van der Waals surface area contributed by atoms with Crippen LogP contribution in [0, 0.1) is 0 Å². The van der Waals surface area contributed by atoms with Crippen LogP contribution < -0.4 is 5.32 Å². The van der Waals surface area contributed by atoms with Crippen molar-refractivity contribution < 1.29 is 14.1 Å². The van der Waals surface area contributed by atoms with Crippen molar-refractivity contribution in [2.24, 2.45) is 0 Å². The molecule has 4 heterocycles. The van der Waals surface area contributed by atoms with Gasteiger partial charge in [-0.3, -0.25) is 9.69 Å². The average molecular weight is 400 g/mol. The first-order valence-electron chi connectivity index (χ1n) is 10.2. The zero-order chi connectivity index (χ0) is 20.2. The molecule has 0 spiro atoms. The summed E-state index contributed by atoms with van der Waals surface area (Å²) in [4.78, 5) is 25.4. The first-order chi connectivity index (χ1) is 14.1. The standard InChI is InChI=1S/C20H28N6O3/c1-25-10-7-15(8-11-25)26-9-3-4-16(26)20-23-19(24-29-20)14-5-6-17(21-12-14)22-18(27)13-28-2/h5-6,12,15-16H,3-4,7-11,13H2,1-2H3,(H,21,22,27). The second-order valence-corrected chi connectivity index (χ2v) is 7.80. The molecule has 29 heavy (non-hydrogen) atoms. The molecule has 0 aromatic carbocycles. The van der Waals surface area contributed by atoms with E-state index in [1.807, 2.05) is 6.07 Å². The molecule has 0 bridgehead atoms. The third kappa shape index (κ3) is 4.63. The van der Waals surface area contributed by atoms with Crippen LogP contribution in [0.15, 0.2) is 22.9 Å². The Morgan fingerprint density at radius 3 is 2.83 bits per heavy atom. The highest BCUT2D eigenvalue weighted by Gasteiger charge is 2.36. The minimum absolute atomic E-state index is 0.00714. The number of likely N-dealkylation sites (tertiary alicyclic amines) is 2. The zero-order valence-electron chi connectivity index (χ0n) is 17.0. The molecule has 0 radical (unpaired) electrons. The van der Waals surface area contributed by atoms with Crippen LogP contribution in [-0.2, 0) is 9.53 Å². The summed E-state index contributed by atoms with van der Waals surface area (Å²) in [6.07, 6.45) is 6.23. The largest absolute Gasteiger partial charge is 0.375 e. The normalized spacial score (nSPS) is 21.5. The summed E-state index contributed by atoms with van der Waals surface area (Å²) in [5.41, 5.74) is 0.758. The van der Waals surface area contributed by atoms with Gasteiger partial charge in [-0.1, -0.05) is 5.16 Å². The second-order valence-electron chi connectivity index (χ2n) is 7.80. The summed E-state index contributed by atoms with van der Waals surface area (Å²) < 4.78 is 10.4. The molecule has 2 aromatic heterocycles. The quantitative estimate of drug-likeness (QED) is 0.786. The van der Waals surface area contributed by atoms with E-state index in [9.17, 15) is 4.79 Å². The second kappa shape index (κ2) is 8.98. The first-order valence-corrected chi connectivity index (χ1v) is 10.2. The van der Waals surface area contributed by atoms with Crippen molar-refractivity contribution in [3.63, 3.8) is 0 Å². The summed E-state index contributed by atoms with van der Waals surface area (Å²) in [5.74, 6) is 1.43. The van der Waals surface area contributed by atoms with Gasteiger partial charge in [0, 0.05) is 24.9 Å². The number of nitrogens with zero attached hydrogens (tertiary/aromatic N) is 5. The topological polar surface area (TPSA) is 96.6 Å². The fourth-order valence-electron chi connectivity index (χ4n) is 4.22. The number of amides is 1. The van der Waals surface area contributed by atoms with Gasteiger partial charge in [0.2, 0.25) is 11.7 Å². The van der Waals surface area contributed by atoms with E-state index in [1.165, 1.54) is 20.0 Å². The third-order valence-corrected chi connectivity index (χ3v) is 5.74. The molecule has 0 saturated carbocycles. The highest BCUT2D eigenvalue weighted by molar-refractivity contribution is 5.90. The molecule has 1 unspecified atom stereocenters.